The molecule has 7 aromatic carbocycles. The van der Waals surface area contributed by atoms with E-state index in [0.29, 0.717) is 0 Å². The number of hydrogen-bond donors (Lipinski definition) is 0. The molecule has 234 valence electrons. The molecule has 2 aliphatic rings. The summed E-state index contributed by atoms with van der Waals surface area (Å²) in [6, 6.07) is 55.7. The molecule has 0 fully saturated rings. The first-order valence-corrected chi connectivity index (χ1v) is 16.8. The Morgan fingerprint density at radius 3 is 2.06 bits per heavy atom. The third-order valence-electron chi connectivity index (χ3n) is 10.2. The summed E-state index contributed by atoms with van der Waals surface area (Å²) in [4.78, 5) is 4.62. The lowest BCUT2D eigenvalue weighted by Gasteiger charge is -2.34. The van der Waals surface area contributed by atoms with Crippen molar-refractivity contribution in [3.05, 3.63) is 169 Å². The van der Waals surface area contributed by atoms with Gasteiger partial charge in [-0.15, -0.1) is 0 Å². The van der Waals surface area contributed by atoms with E-state index < -0.39 is 0 Å². The number of hydrogen-bond acceptors (Lipinski definition) is 4. The van der Waals surface area contributed by atoms with Gasteiger partial charge in [0.25, 0.3) is 0 Å². The standard InChI is InChI=1S/C45H32N2O2/c1-45(2)37-16-8-6-14-33(37)34-23-20-31(27-38(34)45)46(30-22-25-42-36(26-30)35-15-7-10-18-41(35)48-42)32-21-24-40-44(28-32)49-43-19-11-9-17-39(43)47(40)29-12-4-3-5-13-29/h3-28H,1-2H3. The van der Waals surface area contributed by atoms with Crippen molar-refractivity contribution < 1.29 is 9.15 Å². The number of ether oxygens (including phenoxy) is 1. The van der Waals surface area contributed by atoms with Crippen LogP contribution in [0.15, 0.2) is 162 Å². The maximum Gasteiger partial charge on any atom is 0.153 e. The smallest absolute Gasteiger partial charge is 0.153 e. The molecular weight excluding hydrogens is 601 g/mol. The molecule has 1 aromatic heterocycles. The van der Waals surface area contributed by atoms with Crippen molar-refractivity contribution >= 4 is 56.1 Å². The van der Waals surface area contributed by atoms with Crippen LogP contribution in [0, 0.1) is 0 Å². The minimum atomic E-state index is -0.128. The lowest BCUT2D eigenvalue weighted by molar-refractivity contribution is 0.477. The van der Waals surface area contributed by atoms with Crippen LogP contribution in [0.2, 0.25) is 0 Å². The number of anilines is 6. The van der Waals surface area contributed by atoms with Gasteiger partial charge in [0.1, 0.15) is 11.2 Å². The van der Waals surface area contributed by atoms with Crippen molar-refractivity contribution in [2.45, 2.75) is 19.3 Å². The molecule has 1 aliphatic carbocycles. The zero-order valence-corrected chi connectivity index (χ0v) is 27.2. The summed E-state index contributed by atoms with van der Waals surface area (Å²) in [5, 5.41) is 2.19. The lowest BCUT2D eigenvalue weighted by atomic mass is 9.82. The van der Waals surface area contributed by atoms with E-state index in [2.05, 4.69) is 151 Å². The van der Waals surface area contributed by atoms with Gasteiger partial charge in [0.05, 0.1) is 11.4 Å². The van der Waals surface area contributed by atoms with Crippen LogP contribution in [0.3, 0.4) is 0 Å². The predicted octanol–water partition coefficient (Wildman–Crippen LogP) is 12.9. The molecule has 49 heavy (non-hydrogen) atoms. The maximum absolute atomic E-state index is 6.67. The second kappa shape index (κ2) is 10.4. The van der Waals surface area contributed by atoms with Gasteiger partial charge >= 0.3 is 0 Å². The Hall–Kier alpha value is -6.26. The highest BCUT2D eigenvalue weighted by atomic mass is 16.5. The van der Waals surface area contributed by atoms with Gasteiger partial charge in [-0.3, -0.25) is 0 Å². The average molecular weight is 633 g/mol. The van der Waals surface area contributed by atoms with Crippen LogP contribution in [-0.4, -0.2) is 0 Å². The first-order valence-electron chi connectivity index (χ1n) is 16.8. The summed E-state index contributed by atoms with van der Waals surface area (Å²) < 4.78 is 12.9. The normalized spacial score (nSPS) is 13.8. The Balaban J connectivity index is 1.18. The van der Waals surface area contributed by atoms with E-state index in [1.807, 2.05) is 30.3 Å². The molecule has 0 spiro atoms. The summed E-state index contributed by atoms with van der Waals surface area (Å²) >= 11 is 0. The molecule has 4 nitrogen and oxygen atoms in total. The highest BCUT2D eigenvalue weighted by Crippen LogP contribution is 2.54. The van der Waals surface area contributed by atoms with Crippen molar-refractivity contribution in [3.63, 3.8) is 0 Å². The molecular formula is C45H32N2O2. The van der Waals surface area contributed by atoms with E-state index in [-0.39, 0.29) is 5.41 Å². The molecule has 0 radical (unpaired) electrons. The largest absolute Gasteiger partial charge is 0.456 e. The molecule has 8 aromatic rings. The Kier molecular flexibility index (Phi) is 5.89. The number of nitrogens with zero attached hydrogens (tertiary/aromatic N) is 2. The number of para-hydroxylation sites is 4. The molecule has 0 saturated heterocycles. The van der Waals surface area contributed by atoms with E-state index in [0.717, 1.165) is 67.6 Å². The Labute approximate surface area is 285 Å². The summed E-state index contributed by atoms with van der Waals surface area (Å²) in [6.07, 6.45) is 0. The van der Waals surface area contributed by atoms with Crippen LogP contribution in [0.4, 0.5) is 34.1 Å². The van der Waals surface area contributed by atoms with Crippen LogP contribution < -0.4 is 14.5 Å². The number of fused-ring (bicyclic) bond motifs is 8. The third kappa shape index (κ3) is 4.17. The van der Waals surface area contributed by atoms with Crippen molar-refractivity contribution in [2.24, 2.45) is 0 Å². The van der Waals surface area contributed by atoms with Gasteiger partial charge < -0.3 is 19.0 Å². The van der Waals surface area contributed by atoms with Crippen LogP contribution in [0.5, 0.6) is 11.5 Å². The third-order valence-corrected chi connectivity index (χ3v) is 10.2. The monoisotopic (exact) mass is 632 g/mol. The van der Waals surface area contributed by atoms with Crippen LogP contribution in [-0.2, 0) is 5.41 Å². The molecule has 10 rings (SSSR count). The molecule has 0 saturated carbocycles. The van der Waals surface area contributed by atoms with Crippen LogP contribution in [0.25, 0.3) is 33.1 Å². The van der Waals surface area contributed by atoms with E-state index in [4.69, 9.17) is 9.15 Å². The first kappa shape index (κ1) is 27.8. The summed E-state index contributed by atoms with van der Waals surface area (Å²) in [7, 11) is 0. The van der Waals surface area contributed by atoms with Crippen molar-refractivity contribution in [2.75, 3.05) is 9.80 Å². The summed E-state index contributed by atoms with van der Waals surface area (Å²) in [5.74, 6) is 1.62. The van der Waals surface area contributed by atoms with Gasteiger partial charge in [-0.25, -0.2) is 0 Å². The fourth-order valence-electron chi connectivity index (χ4n) is 7.87. The Bertz CT molecular complexity index is 2580. The fraction of sp³-hybridized carbons (Fsp3) is 0.0667. The van der Waals surface area contributed by atoms with E-state index in [1.165, 1.54) is 22.3 Å². The van der Waals surface area contributed by atoms with Crippen molar-refractivity contribution in [1.82, 2.24) is 0 Å². The Morgan fingerprint density at radius 2 is 1.14 bits per heavy atom. The fourth-order valence-corrected chi connectivity index (χ4v) is 7.87. The van der Waals surface area contributed by atoms with Gasteiger partial charge in [-0.2, -0.15) is 0 Å². The molecule has 0 amide bonds. The molecule has 2 heterocycles. The highest BCUT2D eigenvalue weighted by Gasteiger charge is 2.36. The summed E-state index contributed by atoms with van der Waals surface area (Å²) in [5.41, 5.74) is 13.2. The van der Waals surface area contributed by atoms with Gasteiger partial charge in [0, 0.05) is 45.0 Å². The van der Waals surface area contributed by atoms with Gasteiger partial charge in [-0.1, -0.05) is 92.7 Å². The lowest BCUT2D eigenvalue weighted by Crippen LogP contribution is -2.18. The zero-order chi connectivity index (χ0) is 32.7. The number of furan rings is 1. The van der Waals surface area contributed by atoms with Crippen molar-refractivity contribution in [1.29, 1.82) is 0 Å². The number of benzene rings is 7. The molecule has 0 N–H and O–H groups in total. The molecule has 0 unspecified atom stereocenters. The molecule has 0 bridgehead atoms. The minimum absolute atomic E-state index is 0.128. The SMILES string of the molecule is CC1(C)c2ccccc2-c2ccc(N(c3ccc4c(c3)Oc3ccccc3N4c3ccccc3)c3ccc4oc5ccccc5c4c3)cc21. The predicted molar refractivity (Wildman–Crippen MR) is 201 cm³/mol. The molecule has 1 aliphatic heterocycles. The Morgan fingerprint density at radius 1 is 0.490 bits per heavy atom. The molecule has 0 atom stereocenters. The second-order valence-corrected chi connectivity index (χ2v) is 13.4. The maximum atomic E-state index is 6.67. The van der Waals surface area contributed by atoms with Gasteiger partial charge in [-0.05, 0) is 95.1 Å². The van der Waals surface area contributed by atoms with Gasteiger partial charge in [0.2, 0.25) is 0 Å². The second-order valence-electron chi connectivity index (χ2n) is 13.4. The van der Waals surface area contributed by atoms with Crippen LogP contribution in [0.1, 0.15) is 25.0 Å². The first-order chi connectivity index (χ1) is 24.0. The minimum Gasteiger partial charge on any atom is -0.456 e. The van der Waals surface area contributed by atoms with E-state index in [1.54, 1.807) is 0 Å². The molecule has 4 heteroatoms. The van der Waals surface area contributed by atoms with Crippen molar-refractivity contribution in [3.8, 4) is 22.6 Å². The van der Waals surface area contributed by atoms with Crippen LogP contribution >= 0.6 is 0 Å². The zero-order valence-electron chi connectivity index (χ0n) is 27.2. The van der Waals surface area contributed by atoms with Gasteiger partial charge in [0.15, 0.2) is 11.5 Å². The highest BCUT2D eigenvalue weighted by molar-refractivity contribution is 6.06. The topological polar surface area (TPSA) is 28.9 Å². The summed E-state index contributed by atoms with van der Waals surface area (Å²) in [6.45, 7) is 4.66. The quantitative estimate of drug-likeness (QED) is 0.193. The average Bonchev–Trinajstić information content (AvgIpc) is 3.62. The number of rotatable bonds is 4. The van der Waals surface area contributed by atoms with E-state index in [9.17, 15) is 0 Å². The van der Waals surface area contributed by atoms with E-state index >= 15 is 0 Å².